The first kappa shape index (κ1) is 25.2. The number of nitrogens with zero attached hydrogens (tertiary/aromatic N) is 7. The first-order valence-corrected chi connectivity index (χ1v) is 11.8. The number of aryl methyl sites for hydroxylation is 2. The predicted molar refractivity (Wildman–Crippen MR) is 131 cm³/mol. The van der Waals surface area contributed by atoms with Crippen molar-refractivity contribution in [1.82, 2.24) is 29.3 Å². The summed E-state index contributed by atoms with van der Waals surface area (Å²) in [4.78, 5) is 26.6. The van der Waals surface area contributed by atoms with Crippen molar-refractivity contribution in [3.8, 4) is 34.4 Å². The fourth-order valence-corrected chi connectivity index (χ4v) is 4.39. The molecule has 5 rings (SSSR count). The van der Waals surface area contributed by atoms with E-state index in [4.69, 9.17) is 9.47 Å². The number of benzene rings is 1. The van der Waals surface area contributed by atoms with Gasteiger partial charge in [0.15, 0.2) is 5.69 Å². The average molecular weight is 528 g/mol. The molecule has 13 heteroatoms. The van der Waals surface area contributed by atoms with Crippen LogP contribution < -0.4 is 14.4 Å². The lowest BCUT2D eigenvalue weighted by Gasteiger charge is -2.27. The second-order valence-electron chi connectivity index (χ2n) is 8.54. The molecular weight excluding hydrogens is 503 g/mol. The van der Waals surface area contributed by atoms with Crippen molar-refractivity contribution in [2.75, 3.05) is 19.1 Å². The van der Waals surface area contributed by atoms with Crippen LogP contribution in [0.5, 0.6) is 11.8 Å². The highest BCUT2D eigenvalue weighted by Gasteiger charge is 2.35. The zero-order valence-electron chi connectivity index (χ0n) is 20.9. The van der Waals surface area contributed by atoms with Gasteiger partial charge in [0, 0.05) is 30.8 Å². The third kappa shape index (κ3) is 4.55. The van der Waals surface area contributed by atoms with Gasteiger partial charge in [-0.15, -0.1) is 0 Å². The Kier molecular flexibility index (Phi) is 6.51. The zero-order valence-corrected chi connectivity index (χ0v) is 20.9. The molecule has 1 aliphatic heterocycles. The van der Waals surface area contributed by atoms with E-state index < -0.39 is 11.9 Å². The van der Waals surface area contributed by atoms with Gasteiger partial charge in [0.25, 0.3) is 0 Å². The number of methoxy groups -OCH3 is 2. The normalized spacial score (nSPS) is 13.5. The minimum atomic E-state index is -4.52. The highest BCUT2D eigenvalue weighted by Crippen LogP contribution is 2.37. The van der Waals surface area contributed by atoms with Crippen LogP contribution >= 0.6 is 0 Å². The Hall–Kier alpha value is -4.42. The van der Waals surface area contributed by atoms with Crippen LogP contribution in [0.2, 0.25) is 0 Å². The Bertz CT molecular complexity index is 1460. The summed E-state index contributed by atoms with van der Waals surface area (Å²) in [6, 6.07) is 8.72. The van der Waals surface area contributed by atoms with E-state index in [1.165, 1.54) is 25.1 Å². The van der Waals surface area contributed by atoms with Crippen LogP contribution in [0.15, 0.2) is 42.9 Å². The van der Waals surface area contributed by atoms with E-state index in [1.54, 1.807) is 46.8 Å². The SMILES string of the molecule is CCn1cc(C(F)(F)F)nc1-c1ccc(CN2C(=O)CCn3nc(-c4c(OC)ncnc4OC)cc32)cc1. The van der Waals surface area contributed by atoms with Crippen LogP contribution in [0.3, 0.4) is 0 Å². The summed E-state index contributed by atoms with van der Waals surface area (Å²) in [7, 11) is 2.97. The zero-order chi connectivity index (χ0) is 27.0. The molecule has 198 valence electrons. The monoisotopic (exact) mass is 527 g/mol. The third-order valence-electron chi connectivity index (χ3n) is 6.25. The average Bonchev–Trinajstić information content (AvgIpc) is 3.55. The van der Waals surface area contributed by atoms with Gasteiger partial charge < -0.3 is 14.0 Å². The molecular formula is C25H24F3N7O3. The van der Waals surface area contributed by atoms with E-state index in [1.807, 2.05) is 0 Å². The van der Waals surface area contributed by atoms with Gasteiger partial charge in [-0.3, -0.25) is 9.69 Å². The van der Waals surface area contributed by atoms with E-state index in [0.29, 0.717) is 47.5 Å². The molecule has 10 nitrogen and oxygen atoms in total. The highest BCUT2D eigenvalue weighted by atomic mass is 19.4. The molecule has 1 aliphatic rings. The first-order chi connectivity index (χ1) is 18.2. The van der Waals surface area contributed by atoms with Gasteiger partial charge in [0.1, 0.15) is 29.2 Å². The van der Waals surface area contributed by atoms with Crippen molar-refractivity contribution < 1.29 is 27.4 Å². The number of carbonyl (C=O) groups excluding carboxylic acids is 1. The minimum absolute atomic E-state index is 0.0763. The number of hydrogen-bond donors (Lipinski definition) is 0. The maximum Gasteiger partial charge on any atom is 0.434 e. The van der Waals surface area contributed by atoms with Crippen molar-refractivity contribution in [2.45, 2.75) is 39.2 Å². The van der Waals surface area contributed by atoms with Crippen LogP contribution in [0.1, 0.15) is 24.6 Å². The summed E-state index contributed by atoms with van der Waals surface area (Å²) >= 11 is 0. The molecule has 0 bridgehead atoms. The number of imidazole rings is 1. The predicted octanol–water partition coefficient (Wildman–Crippen LogP) is 4.20. The highest BCUT2D eigenvalue weighted by molar-refractivity contribution is 5.94. The van der Waals surface area contributed by atoms with Gasteiger partial charge >= 0.3 is 6.18 Å². The summed E-state index contributed by atoms with van der Waals surface area (Å²) in [6.07, 6.45) is -1.92. The van der Waals surface area contributed by atoms with Gasteiger partial charge in [0.05, 0.1) is 27.3 Å². The van der Waals surface area contributed by atoms with Crippen molar-refractivity contribution in [3.63, 3.8) is 0 Å². The molecule has 1 amide bonds. The van der Waals surface area contributed by atoms with Crippen molar-refractivity contribution >= 4 is 11.7 Å². The molecule has 0 saturated carbocycles. The lowest BCUT2D eigenvalue weighted by molar-refractivity contribution is -0.140. The molecule has 0 saturated heterocycles. The fraction of sp³-hybridized carbons (Fsp3) is 0.320. The molecule has 4 heterocycles. The van der Waals surface area contributed by atoms with Gasteiger partial charge in [-0.25, -0.2) is 19.6 Å². The van der Waals surface area contributed by atoms with Crippen LogP contribution in [-0.4, -0.2) is 49.4 Å². The second kappa shape index (κ2) is 9.80. The number of halogens is 3. The minimum Gasteiger partial charge on any atom is -0.480 e. The maximum atomic E-state index is 13.2. The van der Waals surface area contributed by atoms with E-state index in [2.05, 4.69) is 20.1 Å². The van der Waals surface area contributed by atoms with Gasteiger partial charge in [-0.1, -0.05) is 24.3 Å². The molecule has 0 unspecified atom stereocenters. The lowest BCUT2D eigenvalue weighted by atomic mass is 10.1. The lowest BCUT2D eigenvalue weighted by Crippen LogP contribution is -2.36. The van der Waals surface area contributed by atoms with E-state index in [0.717, 1.165) is 11.8 Å². The van der Waals surface area contributed by atoms with Crippen molar-refractivity contribution in [3.05, 3.63) is 54.1 Å². The molecule has 0 N–H and O–H groups in total. The standard InChI is InChI=1S/C25H24F3N7O3/c1-4-33-13-18(25(26,27)28)31-22(33)16-7-5-15(6-8-16)12-34-19-11-17(32-35(19)10-9-20(34)36)21-23(37-2)29-14-30-24(21)38-3/h5-8,11,13-14H,4,9-10,12H2,1-3H3. The van der Waals surface area contributed by atoms with Gasteiger partial charge in [-0.05, 0) is 12.5 Å². The number of fused-ring (bicyclic) bond motifs is 1. The molecule has 0 spiro atoms. The number of aromatic nitrogens is 6. The van der Waals surface area contributed by atoms with Crippen LogP contribution in [0, 0.1) is 0 Å². The van der Waals surface area contributed by atoms with E-state index in [9.17, 15) is 18.0 Å². The Morgan fingerprint density at radius 1 is 1.05 bits per heavy atom. The third-order valence-corrected chi connectivity index (χ3v) is 6.25. The number of carbonyl (C=O) groups is 1. The van der Waals surface area contributed by atoms with Crippen molar-refractivity contribution in [1.29, 1.82) is 0 Å². The smallest absolute Gasteiger partial charge is 0.434 e. The van der Waals surface area contributed by atoms with Gasteiger partial charge in [-0.2, -0.15) is 18.3 Å². The fourth-order valence-electron chi connectivity index (χ4n) is 4.39. The molecule has 0 fully saturated rings. The number of ether oxygens (including phenoxy) is 2. The Morgan fingerprint density at radius 3 is 2.34 bits per heavy atom. The number of rotatable bonds is 7. The molecule has 3 aromatic heterocycles. The van der Waals surface area contributed by atoms with Crippen LogP contribution in [0.25, 0.3) is 22.6 Å². The quantitative estimate of drug-likeness (QED) is 0.355. The molecule has 4 aromatic rings. The second-order valence-corrected chi connectivity index (χ2v) is 8.54. The Labute approximate surface area is 215 Å². The topological polar surface area (TPSA) is 100 Å². The Morgan fingerprint density at radius 2 is 1.74 bits per heavy atom. The largest absolute Gasteiger partial charge is 0.480 e. The summed E-state index contributed by atoms with van der Waals surface area (Å²) in [6.45, 7) is 2.76. The van der Waals surface area contributed by atoms with E-state index >= 15 is 0 Å². The van der Waals surface area contributed by atoms with Gasteiger partial charge in [0.2, 0.25) is 17.7 Å². The summed E-state index contributed by atoms with van der Waals surface area (Å²) in [5, 5.41) is 4.64. The molecule has 0 radical (unpaired) electrons. The number of alkyl halides is 3. The molecule has 0 atom stereocenters. The Balaban J connectivity index is 1.44. The summed E-state index contributed by atoms with van der Waals surface area (Å²) < 4.78 is 53.4. The van der Waals surface area contributed by atoms with Crippen LogP contribution in [-0.2, 0) is 30.6 Å². The molecule has 0 aliphatic carbocycles. The number of anilines is 1. The molecule has 1 aromatic carbocycles. The summed E-state index contributed by atoms with van der Waals surface area (Å²) in [5.74, 6) is 1.33. The molecule has 38 heavy (non-hydrogen) atoms. The van der Waals surface area contributed by atoms with E-state index in [-0.39, 0.29) is 24.7 Å². The summed E-state index contributed by atoms with van der Waals surface area (Å²) in [5.41, 5.74) is 1.38. The maximum absolute atomic E-state index is 13.2. The van der Waals surface area contributed by atoms with Crippen LogP contribution in [0.4, 0.5) is 19.0 Å². The first-order valence-electron chi connectivity index (χ1n) is 11.8. The number of amides is 1. The number of hydrogen-bond acceptors (Lipinski definition) is 7. The van der Waals surface area contributed by atoms with Crippen molar-refractivity contribution in [2.24, 2.45) is 0 Å².